The smallest absolute Gasteiger partial charge is 0.253 e. The first kappa shape index (κ1) is 16.1. The predicted molar refractivity (Wildman–Crippen MR) is 98.7 cm³/mol. The minimum Gasteiger partial charge on any atom is -0.463 e. The summed E-state index contributed by atoms with van der Waals surface area (Å²) >= 11 is 3.06. The van der Waals surface area contributed by atoms with Crippen LogP contribution in [0, 0.1) is 0 Å². The predicted octanol–water partition coefficient (Wildman–Crippen LogP) is 4.21. The molecule has 126 valence electrons. The van der Waals surface area contributed by atoms with Gasteiger partial charge >= 0.3 is 0 Å². The first-order valence-electron chi connectivity index (χ1n) is 7.82. The summed E-state index contributed by atoms with van der Waals surface area (Å²) in [6, 6.07) is 13.3. The van der Waals surface area contributed by atoms with Crippen LogP contribution in [0.25, 0.3) is 0 Å². The Kier molecular flexibility index (Phi) is 4.67. The second-order valence-corrected chi connectivity index (χ2v) is 7.43. The number of carbonyl (C=O) groups excluding carboxylic acids is 1. The van der Waals surface area contributed by atoms with E-state index in [1.54, 1.807) is 28.8 Å². The van der Waals surface area contributed by atoms with E-state index < -0.39 is 0 Å². The maximum absolute atomic E-state index is 12.8. The van der Waals surface area contributed by atoms with E-state index in [9.17, 15) is 4.79 Å². The number of pyridine rings is 1. The molecule has 3 aromatic heterocycles. The number of thiophene rings is 1. The molecule has 0 saturated carbocycles. The first-order chi connectivity index (χ1) is 12.3. The zero-order chi connectivity index (χ0) is 17.1. The van der Waals surface area contributed by atoms with Crippen LogP contribution in [-0.4, -0.2) is 27.4 Å². The van der Waals surface area contributed by atoms with Crippen molar-refractivity contribution in [3.05, 3.63) is 70.9 Å². The largest absolute Gasteiger partial charge is 0.463 e. The van der Waals surface area contributed by atoms with Crippen molar-refractivity contribution < 1.29 is 9.21 Å². The molecule has 1 atom stereocenters. The van der Waals surface area contributed by atoms with Gasteiger partial charge in [-0.15, -0.1) is 11.3 Å². The van der Waals surface area contributed by atoms with Gasteiger partial charge in [0.25, 0.3) is 5.91 Å². The van der Waals surface area contributed by atoms with Gasteiger partial charge in [0, 0.05) is 17.5 Å². The molecule has 1 aliphatic rings. The number of hydrazone groups is 1. The first-order valence-corrected chi connectivity index (χ1v) is 9.68. The molecule has 25 heavy (non-hydrogen) atoms. The summed E-state index contributed by atoms with van der Waals surface area (Å²) in [4.78, 5) is 18.2. The van der Waals surface area contributed by atoms with Crippen LogP contribution >= 0.6 is 23.1 Å². The summed E-state index contributed by atoms with van der Waals surface area (Å²) in [5.41, 5.74) is 0.805. The molecule has 0 N–H and O–H groups in total. The molecule has 1 amide bonds. The molecule has 5 nitrogen and oxygen atoms in total. The molecule has 1 unspecified atom stereocenters. The monoisotopic (exact) mass is 369 g/mol. The van der Waals surface area contributed by atoms with E-state index in [1.807, 2.05) is 47.8 Å². The van der Waals surface area contributed by atoms with Crippen LogP contribution in [0.4, 0.5) is 0 Å². The van der Waals surface area contributed by atoms with E-state index in [4.69, 9.17) is 4.42 Å². The molecule has 0 radical (unpaired) electrons. The molecule has 0 bridgehead atoms. The Morgan fingerprint density at radius 3 is 2.96 bits per heavy atom. The van der Waals surface area contributed by atoms with E-state index >= 15 is 0 Å². The molecule has 4 rings (SSSR count). The van der Waals surface area contributed by atoms with E-state index in [0.717, 1.165) is 15.6 Å². The van der Waals surface area contributed by atoms with Crippen molar-refractivity contribution in [3.63, 3.8) is 0 Å². The summed E-state index contributed by atoms with van der Waals surface area (Å²) < 4.78 is 5.46. The van der Waals surface area contributed by atoms with Crippen LogP contribution in [0.2, 0.25) is 0 Å². The highest BCUT2D eigenvalue weighted by Crippen LogP contribution is 2.35. The van der Waals surface area contributed by atoms with Crippen molar-refractivity contribution >= 4 is 34.7 Å². The lowest BCUT2D eigenvalue weighted by Crippen LogP contribution is -2.28. The molecule has 1 aliphatic heterocycles. The van der Waals surface area contributed by atoms with E-state index in [0.29, 0.717) is 17.9 Å². The zero-order valence-corrected chi connectivity index (χ0v) is 14.9. The summed E-state index contributed by atoms with van der Waals surface area (Å²) in [5.74, 6) is 0.984. The molecular formula is C18H15N3O2S2. The molecule has 0 fully saturated rings. The highest BCUT2D eigenvalue weighted by Gasteiger charge is 2.34. The van der Waals surface area contributed by atoms with Gasteiger partial charge in [0.2, 0.25) is 0 Å². The Bertz CT molecular complexity index is 861. The van der Waals surface area contributed by atoms with E-state index in [-0.39, 0.29) is 11.9 Å². The Morgan fingerprint density at radius 2 is 2.24 bits per heavy atom. The Balaban J connectivity index is 1.54. The van der Waals surface area contributed by atoms with Crippen LogP contribution in [0.3, 0.4) is 0 Å². The average Bonchev–Trinajstić information content (AvgIpc) is 3.40. The zero-order valence-electron chi connectivity index (χ0n) is 13.2. The van der Waals surface area contributed by atoms with Gasteiger partial charge in [-0.25, -0.2) is 9.99 Å². The van der Waals surface area contributed by atoms with Gasteiger partial charge in [-0.3, -0.25) is 4.79 Å². The summed E-state index contributed by atoms with van der Waals surface area (Å²) in [6.07, 6.45) is 4.01. The number of rotatable bonds is 5. The third-order valence-electron chi connectivity index (χ3n) is 3.82. The number of aromatic nitrogens is 1. The SMILES string of the molecule is O=C(CSc1ccccn1)N1N=C(c2ccco2)CC1c1cccs1. The lowest BCUT2D eigenvalue weighted by molar-refractivity contribution is -0.130. The number of hydrogen-bond donors (Lipinski definition) is 0. The summed E-state index contributed by atoms with van der Waals surface area (Å²) in [6.45, 7) is 0. The van der Waals surface area contributed by atoms with Gasteiger partial charge in [-0.1, -0.05) is 23.9 Å². The molecule has 0 spiro atoms. The number of thioether (sulfide) groups is 1. The topological polar surface area (TPSA) is 58.7 Å². The highest BCUT2D eigenvalue weighted by molar-refractivity contribution is 7.99. The molecule has 3 aromatic rings. The van der Waals surface area contributed by atoms with Crippen LogP contribution < -0.4 is 0 Å². The normalized spacial score (nSPS) is 16.9. The minimum atomic E-state index is -0.0723. The van der Waals surface area contributed by atoms with E-state index in [2.05, 4.69) is 10.1 Å². The van der Waals surface area contributed by atoms with Gasteiger partial charge in [-0.05, 0) is 35.7 Å². The van der Waals surface area contributed by atoms with Gasteiger partial charge < -0.3 is 4.42 Å². The lowest BCUT2D eigenvalue weighted by Gasteiger charge is -2.20. The Labute approximate surface area is 153 Å². The fourth-order valence-electron chi connectivity index (χ4n) is 2.67. The fourth-order valence-corrected chi connectivity index (χ4v) is 4.19. The standard InChI is InChI=1S/C18H15N3O2S2/c22-18(12-25-17-7-1-2-8-19-17)21-14(16-6-4-10-24-16)11-13(20-21)15-5-3-9-23-15/h1-10,14H,11-12H2. The van der Waals surface area contributed by atoms with Crippen molar-refractivity contribution in [2.24, 2.45) is 5.10 Å². The fraction of sp³-hybridized carbons (Fsp3) is 0.167. The van der Waals surface area contributed by atoms with Crippen LogP contribution in [0.1, 0.15) is 23.1 Å². The Morgan fingerprint density at radius 1 is 1.28 bits per heavy atom. The number of nitrogens with zero attached hydrogens (tertiary/aromatic N) is 3. The van der Waals surface area contributed by atoms with Gasteiger partial charge in [0.15, 0.2) is 0 Å². The molecule has 0 saturated heterocycles. The molecule has 4 heterocycles. The van der Waals surface area contributed by atoms with E-state index in [1.165, 1.54) is 11.8 Å². The number of amides is 1. The third kappa shape index (κ3) is 3.52. The average molecular weight is 369 g/mol. The minimum absolute atomic E-state index is 0.0318. The quantitative estimate of drug-likeness (QED) is 0.632. The summed E-state index contributed by atoms with van der Waals surface area (Å²) in [5, 5.41) is 9.01. The maximum Gasteiger partial charge on any atom is 0.253 e. The van der Waals surface area contributed by atoms with Crippen LogP contribution in [-0.2, 0) is 4.79 Å². The molecule has 0 aromatic carbocycles. The second kappa shape index (κ2) is 7.25. The van der Waals surface area contributed by atoms with Crippen molar-refractivity contribution in [3.8, 4) is 0 Å². The molecular weight excluding hydrogens is 354 g/mol. The highest BCUT2D eigenvalue weighted by atomic mass is 32.2. The molecule has 0 aliphatic carbocycles. The van der Waals surface area contributed by atoms with Crippen LogP contribution in [0.15, 0.2) is 74.8 Å². The van der Waals surface area contributed by atoms with Crippen molar-refractivity contribution in [1.82, 2.24) is 9.99 Å². The van der Waals surface area contributed by atoms with Crippen molar-refractivity contribution in [1.29, 1.82) is 0 Å². The maximum atomic E-state index is 12.8. The lowest BCUT2D eigenvalue weighted by atomic mass is 10.1. The van der Waals surface area contributed by atoms with Crippen LogP contribution in [0.5, 0.6) is 0 Å². The number of carbonyl (C=O) groups is 1. The van der Waals surface area contributed by atoms with Gasteiger partial charge in [-0.2, -0.15) is 5.10 Å². The van der Waals surface area contributed by atoms with Gasteiger partial charge in [0.05, 0.1) is 23.1 Å². The Hall–Kier alpha value is -2.38. The summed E-state index contributed by atoms with van der Waals surface area (Å²) in [7, 11) is 0. The number of hydrogen-bond acceptors (Lipinski definition) is 6. The third-order valence-corrected chi connectivity index (χ3v) is 5.73. The molecule has 7 heteroatoms. The number of furan rings is 1. The van der Waals surface area contributed by atoms with Gasteiger partial charge in [0.1, 0.15) is 11.5 Å². The second-order valence-electron chi connectivity index (χ2n) is 5.45. The van der Waals surface area contributed by atoms with Crippen molar-refractivity contribution in [2.45, 2.75) is 17.5 Å². The van der Waals surface area contributed by atoms with Crippen molar-refractivity contribution in [2.75, 3.05) is 5.75 Å².